The molecule has 0 bridgehead atoms. The lowest BCUT2D eigenvalue weighted by atomic mass is 10.0. The number of carboxylic acid groups (broad SMARTS) is 1. The van der Waals surface area contributed by atoms with Crippen LogP contribution in [0.25, 0.3) is 33.8 Å². The van der Waals surface area contributed by atoms with Crippen molar-refractivity contribution in [1.82, 2.24) is 15.1 Å². The molecule has 1 heterocycles. The van der Waals surface area contributed by atoms with Gasteiger partial charge in [0.2, 0.25) is 5.91 Å². The fourth-order valence-corrected chi connectivity index (χ4v) is 3.93. The summed E-state index contributed by atoms with van der Waals surface area (Å²) in [7, 11) is 0. The van der Waals surface area contributed by atoms with Crippen molar-refractivity contribution >= 4 is 34.7 Å². The highest BCUT2D eigenvalue weighted by atomic mass is 16.4. The number of fused-ring (bicyclic) bond motifs is 1. The molecule has 6 N–H and O–H groups in total. The number of benzene rings is 3. The molecule has 0 aliphatic heterocycles. The summed E-state index contributed by atoms with van der Waals surface area (Å²) >= 11 is 0. The molecule has 1 aromatic heterocycles. The number of nitrogens with zero attached hydrogens (tertiary/aromatic N) is 3. The van der Waals surface area contributed by atoms with E-state index in [1.807, 2.05) is 72.9 Å². The highest BCUT2D eigenvalue weighted by Crippen LogP contribution is 2.28. The fourth-order valence-electron chi connectivity index (χ4n) is 3.93. The number of carbonyl (C=O) groups is 2. The smallest absolute Gasteiger partial charge is 0.326 e. The highest BCUT2D eigenvalue weighted by Gasteiger charge is 2.18. The summed E-state index contributed by atoms with van der Waals surface area (Å²) in [5.74, 6) is -1.71. The van der Waals surface area contributed by atoms with Crippen LogP contribution in [-0.2, 0) is 9.59 Å². The summed E-state index contributed by atoms with van der Waals surface area (Å²) in [4.78, 5) is 28.1. The number of aromatic nitrogens is 2. The van der Waals surface area contributed by atoms with E-state index in [0.29, 0.717) is 17.7 Å². The first-order chi connectivity index (χ1) is 17.9. The second-order valence-corrected chi connectivity index (χ2v) is 8.46. The third-order valence-corrected chi connectivity index (χ3v) is 5.76. The van der Waals surface area contributed by atoms with Crippen molar-refractivity contribution < 1.29 is 14.7 Å². The number of carboxylic acids is 1. The van der Waals surface area contributed by atoms with Crippen molar-refractivity contribution in [3.63, 3.8) is 0 Å². The summed E-state index contributed by atoms with van der Waals surface area (Å²) in [6, 6.07) is 22.7. The van der Waals surface area contributed by atoms with Gasteiger partial charge in [-0.15, -0.1) is 0 Å². The van der Waals surface area contributed by atoms with Crippen LogP contribution >= 0.6 is 0 Å². The maximum absolute atomic E-state index is 12.6. The first-order valence-electron chi connectivity index (χ1n) is 11.8. The average Bonchev–Trinajstić information content (AvgIpc) is 3.33. The molecule has 0 spiro atoms. The number of rotatable bonds is 10. The largest absolute Gasteiger partial charge is 0.480 e. The van der Waals surface area contributed by atoms with Crippen LogP contribution in [0.1, 0.15) is 18.4 Å². The first-order valence-corrected chi connectivity index (χ1v) is 11.8. The molecule has 4 rings (SSSR count). The van der Waals surface area contributed by atoms with Crippen molar-refractivity contribution in [2.75, 3.05) is 6.54 Å². The lowest BCUT2D eigenvalue weighted by Gasteiger charge is -2.12. The molecule has 9 nitrogen and oxygen atoms in total. The molecule has 1 amide bonds. The molecule has 0 aliphatic rings. The number of hydrogen-bond acceptors (Lipinski definition) is 4. The summed E-state index contributed by atoms with van der Waals surface area (Å²) in [6.07, 6.45) is 5.41. The van der Waals surface area contributed by atoms with Crippen molar-refractivity contribution in [3.05, 3.63) is 90.6 Å². The standard InChI is InChI=1S/C28H28N6O3/c29-28(30)31-16-6-11-24(27(36)37)32-25(35)15-14-22-18-34(23-9-2-1-3-10-23)33-26(22)21-13-12-19-7-4-5-8-20(19)17-21/h1-5,7-10,12-15,17-18,24H,6,11,16H2,(H,32,35)(H,36,37)(H4,29,30,31). The molecule has 0 aliphatic carbocycles. The van der Waals surface area contributed by atoms with Gasteiger partial charge in [-0.25, -0.2) is 9.48 Å². The molecule has 0 fully saturated rings. The van der Waals surface area contributed by atoms with Crippen molar-refractivity contribution in [2.45, 2.75) is 18.9 Å². The lowest BCUT2D eigenvalue weighted by molar-refractivity contribution is -0.141. The minimum atomic E-state index is -1.12. The second kappa shape index (κ2) is 11.7. The number of amides is 1. The van der Waals surface area contributed by atoms with Crippen LogP contribution in [0.15, 0.2) is 90.1 Å². The third kappa shape index (κ3) is 6.61. The van der Waals surface area contributed by atoms with Gasteiger partial charge in [0.25, 0.3) is 0 Å². The maximum atomic E-state index is 12.6. The van der Waals surface area contributed by atoms with Gasteiger partial charge in [0.1, 0.15) is 6.04 Å². The van der Waals surface area contributed by atoms with Crippen molar-refractivity contribution in [3.8, 4) is 16.9 Å². The number of hydrogen-bond donors (Lipinski definition) is 4. The zero-order chi connectivity index (χ0) is 26.2. The van der Waals surface area contributed by atoms with E-state index >= 15 is 0 Å². The summed E-state index contributed by atoms with van der Waals surface area (Å²) in [6.45, 7) is 0.283. The van der Waals surface area contributed by atoms with E-state index in [-0.39, 0.29) is 18.9 Å². The van der Waals surface area contributed by atoms with E-state index in [2.05, 4.69) is 16.4 Å². The van der Waals surface area contributed by atoms with E-state index < -0.39 is 17.9 Å². The third-order valence-electron chi connectivity index (χ3n) is 5.76. The molecule has 0 radical (unpaired) electrons. The molecular weight excluding hydrogens is 468 g/mol. The maximum Gasteiger partial charge on any atom is 0.326 e. The van der Waals surface area contributed by atoms with Crippen LogP contribution < -0.4 is 16.8 Å². The van der Waals surface area contributed by atoms with E-state index in [0.717, 1.165) is 22.0 Å². The predicted octanol–water partition coefficient (Wildman–Crippen LogP) is 3.33. The topological polar surface area (TPSA) is 149 Å². The Morgan fingerprint density at radius 3 is 2.49 bits per heavy atom. The minimum absolute atomic E-state index is 0.0582. The molecule has 37 heavy (non-hydrogen) atoms. The SMILES string of the molecule is NC(N)=NCCCC(NC(=O)C=Cc1cn(-c2ccccc2)nc1-c1ccc2ccccc2c1)C(=O)O. The van der Waals surface area contributed by atoms with Crippen molar-refractivity contribution in [2.24, 2.45) is 16.5 Å². The molecule has 0 saturated carbocycles. The Labute approximate surface area is 214 Å². The van der Waals surface area contributed by atoms with Gasteiger partial charge in [0.05, 0.1) is 11.4 Å². The molecule has 188 valence electrons. The Hall–Kier alpha value is -4.92. The highest BCUT2D eigenvalue weighted by molar-refractivity contribution is 5.95. The summed E-state index contributed by atoms with van der Waals surface area (Å²) in [5, 5.41) is 19.0. The number of para-hydroxylation sites is 1. The second-order valence-electron chi connectivity index (χ2n) is 8.46. The molecule has 9 heteroatoms. The van der Waals surface area contributed by atoms with Gasteiger partial charge < -0.3 is 21.9 Å². The number of aliphatic imine (C=N–C) groups is 1. The van der Waals surface area contributed by atoms with E-state index in [9.17, 15) is 14.7 Å². The van der Waals surface area contributed by atoms with Gasteiger partial charge in [0.15, 0.2) is 5.96 Å². The number of aliphatic carboxylic acids is 1. The average molecular weight is 497 g/mol. The Kier molecular flexibility index (Phi) is 7.95. The van der Waals surface area contributed by atoms with Gasteiger partial charge in [-0.05, 0) is 47.9 Å². The fraction of sp³-hybridized carbons (Fsp3) is 0.143. The number of carbonyl (C=O) groups excluding carboxylic acids is 1. The Bertz CT molecular complexity index is 1460. The van der Waals surface area contributed by atoms with E-state index in [1.54, 1.807) is 10.8 Å². The summed E-state index contributed by atoms with van der Waals surface area (Å²) < 4.78 is 1.76. The van der Waals surface area contributed by atoms with Crippen LogP contribution in [0.5, 0.6) is 0 Å². The van der Waals surface area contributed by atoms with Crippen LogP contribution in [0, 0.1) is 0 Å². The zero-order valence-electron chi connectivity index (χ0n) is 20.1. The van der Waals surface area contributed by atoms with Crippen LogP contribution in [-0.4, -0.2) is 45.3 Å². The van der Waals surface area contributed by atoms with Crippen LogP contribution in [0.3, 0.4) is 0 Å². The van der Waals surface area contributed by atoms with Gasteiger partial charge in [0, 0.05) is 29.9 Å². The summed E-state index contributed by atoms with van der Waals surface area (Å²) in [5.41, 5.74) is 13.8. The number of nitrogens with two attached hydrogens (primary N) is 2. The van der Waals surface area contributed by atoms with Gasteiger partial charge >= 0.3 is 5.97 Å². The molecule has 0 saturated heterocycles. The van der Waals surface area contributed by atoms with Crippen molar-refractivity contribution in [1.29, 1.82) is 0 Å². The van der Waals surface area contributed by atoms with Crippen LogP contribution in [0.2, 0.25) is 0 Å². The van der Waals surface area contributed by atoms with E-state index in [4.69, 9.17) is 16.6 Å². The molecule has 1 atom stereocenters. The Morgan fingerprint density at radius 2 is 1.76 bits per heavy atom. The Balaban J connectivity index is 1.59. The van der Waals surface area contributed by atoms with Gasteiger partial charge in [-0.3, -0.25) is 9.79 Å². The molecular formula is C28H28N6O3. The predicted molar refractivity (Wildman–Crippen MR) is 145 cm³/mol. The Morgan fingerprint density at radius 1 is 1.03 bits per heavy atom. The number of guanidine groups is 1. The van der Waals surface area contributed by atoms with Gasteiger partial charge in [-0.2, -0.15) is 5.10 Å². The molecule has 4 aromatic rings. The van der Waals surface area contributed by atoms with Gasteiger partial charge in [-0.1, -0.05) is 54.6 Å². The molecule has 3 aromatic carbocycles. The van der Waals surface area contributed by atoms with E-state index in [1.165, 1.54) is 6.08 Å². The normalized spacial score (nSPS) is 11.9. The quantitative estimate of drug-likeness (QED) is 0.115. The monoisotopic (exact) mass is 496 g/mol. The first kappa shape index (κ1) is 25.2. The lowest BCUT2D eigenvalue weighted by Crippen LogP contribution is -2.40. The zero-order valence-corrected chi connectivity index (χ0v) is 20.1. The minimum Gasteiger partial charge on any atom is -0.480 e. The van der Waals surface area contributed by atoms with Crippen LogP contribution in [0.4, 0.5) is 0 Å². The number of nitrogens with one attached hydrogen (secondary N) is 1. The molecule has 1 unspecified atom stereocenters.